The molecule has 0 bridgehead atoms. The van der Waals surface area contributed by atoms with E-state index in [-0.39, 0.29) is 24.7 Å². The fraction of sp³-hybridized carbons (Fsp3) is 0.500. The first-order valence-electron chi connectivity index (χ1n) is 7.77. The average molecular weight is 359 g/mol. The van der Waals surface area contributed by atoms with E-state index in [1.165, 1.54) is 23.1 Å². The predicted octanol–water partition coefficient (Wildman–Crippen LogP) is 1.43. The molecule has 1 aromatic rings. The summed E-state index contributed by atoms with van der Waals surface area (Å²) in [4.78, 5) is 27.2. The molecule has 0 saturated carbocycles. The van der Waals surface area contributed by atoms with Crippen LogP contribution in [0, 0.1) is 0 Å². The molecule has 0 spiro atoms. The molecule has 1 aliphatic heterocycles. The normalized spacial score (nSPS) is 15.3. The minimum atomic E-state index is -4.55. The van der Waals surface area contributed by atoms with E-state index in [0.29, 0.717) is 26.3 Å². The fourth-order valence-electron chi connectivity index (χ4n) is 2.47. The molecule has 6 nitrogen and oxygen atoms in total. The van der Waals surface area contributed by atoms with Crippen molar-refractivity contribution in [3.63, 3.8) is 0 Å². The van der Waals surface area contributed by atoms with Gasteiger partial charge >= 0.3 is 6.18 Å². The summed E-state index contributed by atoms with van der Waals surface area (Å²) < 4.78 is 43.9. The molecule has 0 unspecified atom stereocenters. The third kappa shape index (κ3) is 5.71. The second-order valence-corrected chi connectivity index (χ2v) is 5.76. The minimum Gasteiger partial charge on any atom is -0.378 e. The standard InChI is InChI=1S/C16H20F3N3O3/c1-21(11-15(24)22-6-8-25-9-7-22)10-14(23)20-13-5-3-2-4-12(13)16(17,18)19/h2-5H,6-11H2,1H3,(H,20,23). The van der Waals surface area contributed by atoms with Crippen LogP contribution in [0.5, 0.6) is 0 Å². The highest BCUT2D eigenvalue weighted by Crippen LogP contribution is 2.34. The van der Waals surface area contributed by atoms with E-state index in [1.807, 2.05) is 0 Å². The number of alkyl halides is 3. The summed E-state index contributed by atoms with van der Waals surface area (Å²) in [6.45, 7) is 1.76. The van der Waals surface area contributed by atoms with E-state index in [4.69, 9.17) is 4.74 Å². The van der Waals surface area contributed by atoms with Gasteiger partial charge in [-0.15, -0.1) is 0 Å². The topological polar surface area (TPSA) is 61.9 Å². The van der Waals surface area contributed by atoms with Crippen molar-refractivity contribution >= 4 is 17.5 Å². The zero-order chi connectivity index (χ0) is 18.4. The molecule has 1 N–H and O–H groups in total. The molecule has 138 valence electrons. The molecule has 0 aliphatic carbocycles. The van der Waals surface area contributed by atoms with Crippen LogP contribution >= 0.6 is 0 Å². The van der Waals surface area contributed by atoms with Crippen LogP contribution in [0.25, 0.3) is 0 Å². The SMILES string of the molecule is CN(CC(=O)Nc1ccccc1C(F)(F)F)CC(=O)N1CCOCC1. The Hall–Kier alpha value is -2.13. The lowest BCUT2D eigenvalue weighted by Gasteiger charge is -2.28. The molecular weight excluding hydrogens is 339 g/mol. The number of anilines is 1. The minimum absolute atomic E-state index is 0.00827. The van der Waals surface area contributed by atoms with Gasteiger partial charge in [-0.3, -0.25) is 14.5 Å². The Morgan fingerprint density at radius 1 is 1.20 bits per heavy atom. The Morgan fingerprint density at radius 3 is 2.48 bits per heavy atom. The largest absolute Gasteiger partial charge is 0.418 e. The van der Waals surface area contributed by atoms with Gasteiger partial charge in [-0.05, 0) is 19.2 Å². The zero-order valence-electron chi connectivity index (χ0n) is 13.8. The summed E-state index contributed by atoms with van der Waals surface area (Å²) in [6, 6.07) is 4.77. The number of hydrogen-bond donors (Lipinski definition) is 1. The van der Waals surface area contributed by atoms with E-state index in [1.54, 1.807) is 11.9 Å². The molecule has 1 fully saturated rings. The number of benzene rings is 1. The van der Waals surface area contributed by atoms with Crippen LogP contribution in [-0.4, -0.2) is 68.1 Å². The Morgan fingerprint density at radius 2 is 1.84 bits per heavy atom. The summed E-state index contributed by atoms with van der Waals surface area (Å²) in [6.07, 6.45) is -4.55. The zero-order valence-corrected chi connectivity index (χ0v) is 13.8. The van der Waals surface area contributed by atoms with Crippen LogP contribution in [-0.2, 0) is 20.5 Å². The summed E-state index contributed by atoms with van der Waals surface area (Å²) in [5.41, 5.74) is -1.21. The van der Waals surface area contributed by atoms with Gasteiger partial charge < -0.3 is 15.0 Å². The van der Waals surface area contributed by atoms with Gasteiger partial charge in [0.2, 0.25) is 11.8 Å². The van der Waals surface area contributed by atoms with E-state index in [2.05, 4.69) is 5.32 Å². The number of carbonyl (C=O) groups excluding carboxylic acids is 2. The van der Waals surface area contributed by atoms with Crippen LogP contribution in [0.4, 0.5) is 18.9 Å². The lowest BCUT2D eigenvalue weighted by atomic mass is 10.1. The Kier molecular flexibility index (Phi) is 6.38. The number of likely N-dealkylation sites (N-methyl/N-ethyl adjacent to an activating group) is 1. The van der Waals surface area contributed by atoms with Crippen molar-refractivity contribution < 1.29 is 27.5 Å². The van der Waals surface area contributed by atoms with Gasteiger partial charge in [-0.2, -0.15) is 13.2 Å². The number of nitrogens with one attached hydrogen (secondary N) is 1. The fourth-order valence-corrected chi connectivity index (χ4v) is 2.47. The van der Waals surface area contributed by atoms with Crippen LogP contribution in [0.15, 0.2) is 24.3 Å². The number of ether oxygens (including phenoxy) is 1. The molecule has 9 heteroatoms. The molecule has 0 aromatic heterocycles. The highest BCUT2D eigenvalue weighted by atomic mass is 19.4. The smallest absolute Gasteiger partial charge is 0.378 e. The van der Waals surface area contributed by atoms with Crippen molar-refractivity contribution in [2.24, 2.45) is 0 Å². The third-order valence-corrected chi connectivity index (χ3v) is 3.69. The summed E-state index contributed by atoms with van der Waals surface area (Å²) in [5.74, 6) is -0.761. The molecule has 1 saturated heterocycles. The number of carbonyl (C=O) groups is 2. The predicted molar refractivity (Wildman–Crippen MR) is 85.0 cm³/mol. The van der Waals surface area contributed by atoms with Gasteiger partial charge in [0.1, 0.15) is 0 Å². The third-order valence-electron chi connectivity index (χ3n) is 3.69. The summed E-state index contributed by atoms with van der Waals surface area (Å²) >= 11 is 0. The first kappa shape index (κ1) is 19.2. The maximum absolute atomic E-state index is 12.9. The van der Waals surface area contributed by atoms with Gasteiger partial charge in [0.05, 0.1) is 37.6 Å². The monoisotopic (exact) mass is 359 g/mol. The van der Waals surface area contributed by atoms with E-state index in [9.17, 15) is 22.8 Å². The number of nitrogens with zero attached hydrogens (tertiary/aromatic N) is 2. The quantitative estimate of drug-likeness (QED) is 0.864. The number of hydrogen-bond acceptors (Lipinski definition) is 4. The van der Waals surface area contributed by atoms with Crippen molar-refractivity contribution in [3.8, 4) is 0 Å². The molecule has 2 amide bonds. The van der Waals surface area contributed by atoms with Crippen molar-refractivity contribution in [2.75, 3.05) is 51.8 Å². The van der Waals surface area contributed by atoms with Crippen molar-refractivity contribution in [3.05, 3.63) is 29.8 Å². The second-order valence-electron chi connectivity index (χ2n) is 5.76. The van der Waals surface area contributed by atoms with Crippen LogP contribution in [0.3, 0.4) is 0 Å². The first-order valence-corrected chi connectivity index (χ1v) is 7.77. The highest BCUT2D eigenvalue weighted by Gasteiger charge is 2.33. The molecular formula is C16H20F3N3O3. The highest BCUT2D eigenvalue weighted by molar-refractivity contribution is 5.93. The van der Waals surface area contributed by atoms with Gasteiger partial charge in [-0.25, -0.2) is 0 Å². The van der Waals surface area contributed by atoms with Gasteiger partial charge in [0.15, 0.2) is 0 Å². The first-order chi connectivity index (χ1) is 11.8. The van der Waals surface area contributed by atoms with Crippen LogP contribution < -0.4 is 5.32 Å². The van der Waals surface area contributed by atoms with Crippen LogP contribution in [0.1, 0.15) is 5.56 Å². The number of para-hydroxylation sites is 1. The second kappa shape index (κ2) is 8.30. The lowest BCUT2D eigenvalue weighted by Crippen LogP contribution is -2.46. The van der Waals surface area contributed by atoms with E-state index >= 15 is 0 Å². The molecule has 0 radical (unpaired) electrons. The Bertz CT molecular complexity index is 616. The van der Waals surface area contributed by atoms with E-state index in [0.717, 1.165) is 6.07 Å². The van der Waals surface area contributed by atoms with Crippen molar-refractivity contribution in [1.82, 2.24) is 9.80 Å². The van der Waals surface area contributed by atoms with Crippen molar-refractivity contribution in [2.45, 2.75) is 6.18 Å². The summed E-state index contributed by atoms with van der Waals surface area (Å²) in [5, 5.41) is 2.26. The molecule has 2 rings (SSSR count). The van der Waals surface area contributed by atoms with Crippen molar-refractivity contribution in [1.29, 1.82) is 0 Å². The van der Waals surface area contributed by atoms with Crippen LogP contribution in [0.2, 0.25) is 0 Å². The molecule has 25 heavy (non-hydrogen) atoms. The summed E-state index contributed by atoms with van der Waals surface area (Å²) in [7, 11) is 1.56. The average Bonchev–Trinajstić information content (AvgIpc) is 2.54. The maximum atomic E-state index is 12.9. The molecule has 1 heterocycles. The Labute approximate surface area is 143 Å². The molecule has 0 atom stereocenters. The number of morpholine rings is 1. The van der Waals surface area contributed by atoms with Gasteiger partial charge in [0.25, 0.3) is 0 Å². The number of halogens is 3. The number of rotatable bonds is 5. The molecule has 1 aromatic carbocycles. The van der Waals surface area contributed by atoms with Gasteiger partial charge in [0, 0.05) is 13.1 Å². The molecule has 1 aliphatic rings. The lowest BCUT2D eigenvalue weighted by molar-refractivity contribution is -0.137. The Balaban J connectivity index is 1.88. The van der Waals surface area contributed by atoms with E-state index < -0.39 is 17.6 Å². The maximum Gasteiger partial charge on any atom is 0.418 e. The van der Waals surface area contributed by atoms with Gasteiger partial charge in [-0.1, -0.05) is 12.1 Å². The number of amides is 2.